The standard InChI is InChI=1S/C21H23BrN2O4/c1-23-20(25)11-14-4-7-16(8-5-14)24-21(26)15-6-9-19(18(22)12-15)28-13-17-3-2-10-27-17/h4-9,12,17H,2-3,10-11,13H2,1H3,(H,23,25)(H,24,26). The molecule has 1 atom stereocenters. The van der Waals surface area contributed by atoms with Gasteiger partial charge in [-0.3, -0.25) is 9.59 Å². The van der Waals surface area contributed by atoms with Crippen LogP contribution in [0.1, 0.15) is 28.8 Å². The van der Waals surface area contributed by atoms with Gasteiger partial charge in [0.15, 0.2) is 0 Å². The van der Waals surface area contributed by atoms with Gasteiger partial charge in [-0.15, -0.1) is 0 Å². The van der Waals surface area contributed by atoms with Crippen LogP contribution in [-0.4, -0.2) is 38.2 Å². The molecule has 0 radical (unpaired) electrons. The second-order valence-corrected chi connectivity index (χ2v) is 7.45. The van der Waals surface area contributed by atoms with Gasteiger partial charge >= 0.3 is 0 Å². The number of nitrogens with one attached hydrogen (secondary N) is 2. The van der Waals surface area contributed by atoms with Crippen molar-refractivity contribution in [1.29, 1.82) is 0 Å². The minimum Gasteiger partial charge on any atom is -0.490 e. The molecular weight excluding hydrogens is 424 g/mol. The molecule has 0 aliphatic carbocycles. The maximum absolute atomic E-state index is 12.5. The van der Waals surface area contributed by atoms with E-state index in [4.69, 9.17) is 9.47 Å². The minimum atomic E-state index is -0.217. The van der Waals surface area contributed by atoms with Gasteiger partial charge in [0.1, 0.15) is 12.4 Å². The molecule has 0 aromatic heterocycles. The van der Waals surface area contributed by atoms with E-state index >= 15 is 0 Å². The average Bonchev–Trinajstić information content (AvgIpc) is 3.22. The van der Waals surface area contributed by atoms with Crippen molar-refractivity contribution in [2.24, 2.45) is 0 Å². The summed E-state index contributed by atoms with van der Waals surface area (Å²) in [5, 5.41) is 5.44. The van der Waals surface area contributed by atoms with E-state index in [0.717, 1.165) is 29.5 Å². The molecule has 1 heterocycles. The number of anilines is 1. The second-order valence-electron chi connectivity index (χ2n) is 6.59. The third kappa shape index (κ3) is 5.56. The van der Waals surface area contributed by atoms with Gasteiger partial charge in [0.05, 0.1) is 17.0 Å². The number of halogens is 1. The first-order valence-corrected chi connectivity index (χ1v) is 9.99. The highest BCUT2D eigenvalue weighted by Crippen LogP contribution is 2.27. The lowest BCUT2D eigenvalue weighted by Crippen LogP contribution is -2.19. The van der Waals surface area contributed by atoms with Crippen LogP contribution in [0, 0.1) is 0 Å². The monoisotopic (exact) mass is 446 g/mol. The first-order chi connectivity index (χ1) is 13.5. The first-order valence-electron chi connectivity index (χ1n) is 9.20. The Bertz CT molecular complexity index is 833. The Hall–Kier alpha value is -2.38. The molecule has 2 amide bonds. The molecule has 1 saturated heterocycles. The first kappa shape index (κ1) is 20.4. The summed E-state index contributed by atoms with van der Waals surface area (Å²) in [6.45, 7) is 1.30. The summed E-state index contributed by atoms with van der Waals surface area (Å²) in [6, 6.07) is 12.5. The highest BCUT2D eigenvalue weighted by Gasteiger charge is 2.17. The third-order valence-electron chi connectivity index (χ3n) is 4.50. The third-order valence-corrected chi connectivity index (χ3v) is 5.12. The number of likely N-dealkylation sites (N-methyl/N-ethyl adjacent to an activating group) is 1. The van der Waals surface area contributed by atoms with Crippen LogP contribution in [0.4, 0.5) is 5.69 Å². The van der Waals surface area contributed by atoms with Gasteiger partial charge in [-0.05, 0) is 64.7 Å². The Balaban J connectivity index is 1.57. The van der Waals surface area contributed by atoms with Crippen molar-refractivity contribution in [2.45, 2.75) is 25.4 Å². The Morgan fingerprint density at radius 1 is 1.21 bits per heavy atom. The average molecular weight is 447 g/mol. The molecule has 1 aliphatic heterocycles. The molecule has 0 saturated carbocycles. The van der Waals surface area contributed by atoms with Crippen molar-refractivity contribution in [1.82, 2.24) is 5.32 Å². The molecule has 1 unspecified atom stereocenters. The summed E-state index contributed by atoms with van der Waals surface area (Å²) in [5.74, 6) is 0.416. The van der Waals surface area contributed by atoms with Crippen LogP contribution >= 0.6 is 15.9 Å². The maximum atomic E-state index is 12.5. The summed E-state index contributed by atoms with van der Waals surface area (Å²) in [4.78, 5) is 23.9. The molecule has 0 bridgehead atoms. The molecule has 1 fully saturated rings. The minimum absolute atomic E-state index is 0.0524. The summed E-state index contributed by atoms with van der Waals surface area (Å²) in [7, 11) is 1.61. The quantitative estimate of drug-likeness (QED) is 0.681. The summed E-state index contributed by atoms with van der Waals surface area (Å²) in [5.41, 5.74) is 2.07. The lowest BCUT2D eigenvalue weighted by molar-refractivity contribution is -0.119. The van der Waals surface area contributed by atoms with Gasteiger partial charge in [0.25, 0.3) is 5.91 Å². The van der Waals surface area contributed by atoms with Gasteiger partial charge in [-0.25, -0.2) is 0 Å². The number of carbonyl (C=O) groups excluding carboxylic acids is 2. The van der Waals surface area contributed by atoms with Gasteiger partial charge in [0, 0.05) is 24.9 Å². The largest absolute Gasteiger partial charge is 0.490 e. The number of benzene rings is 2. The van der Waals surface area contributed by atoms with Crippen molar-refractivity contribution in [3.8, 4) is 5.75 Å². The summed E-state index contributed by atoms with van der Waals surface area (Å²) in [6.07, 6.45) is 2.54. The van der Waals surface area contributed by atoms with E-state index in [-0.39, 0.29) is 17.9 Å². The van der Waals surface area contributed by atoms with Crippen molar-refractivity contribution in [3.05, 3.63) is 58.1 Å². The lowest BCUT2D eigenvalue weighted by atomic mass is 10.1. The van der Waals surface area contributed by atoms with E-state index in [9.17, 15) is 9.59 Å². The predicted octanol–water partition coefficient (Wildman–Crippen LogP) is 3.55. The Morgan fingerprint density at radius 2 is 2.00 bits per heavy atom. The van der Waals surface area contributed by atoms with E-state index in [1.165, 1.54) is 0 Å². The Kier molecular flexibility index (Phi) is 7.06. The Morgan fingerprint density at radius 3 is 2.64 bits per heavy atom. The zero-order valence-electron chi connectivity index (χ0n) is 15.7. The molecule has 2 aromatic carbocycles. The molecule has 28 heavy (non-hydrogen) atoms. The van der Waals surface area contributed by atoms with Gasteiger partial charge in [0.2, 0.25) is 5.91 Å². The fourth-order valence-corrected chi connectivity index (χ4v) is 3.39. The van der Waals surface area contributed by atoms with E-state index in [0.29, 0.717) is 30.0 Å². The van der Waals surface area contributed by atoms with Crippen molar-refractivity contribution in [3.63, 3.8) is 0 Å². The van der Waals surface area contributed by atoms with Crippen LogP contribution in [0.3, 0.4) is 0 Å². The van der Waals surface area contributed by atoms with E-state index < -0.39 is 0 Å². The van der Waals surface area contributed by atoms with Crippen LogP contribution in [0.5, 0.6) is 5.75 Å². The Labute approximate surface area is 172 Å². The second kappa shape index (κ2) is 9.71. The van der Waals surface area contributed by atoms with Crippen molar-refractivity contribution in [2.75, 3.05) is 25.6 Å². The van der Waals surface area contributed by atoms with Crippen molar-refractivity contribution >= 4 is 33.4 Å². The summed E-state index contributed by atoms with van der Waals surface area (Å²) >= 11 is 3.47. The van der Waals surface area contributed by atoms with E-state index in [1.54, 1.807) is 37.4 Å². The smallest absolute Gasteiger partial charge is 0.255 e. The van der Waals surface area contributed by atoms with Crippen LogP contribution in [-0.2, 0) is 16.0 Å². The zero-order valence-corrected chi connectivity index (χ0v) is 17.3. The number of carbonyl (C=O) groups is 2. The summed E-state index contributed by atoms with van der Waals surface area (Å²) < 4.78 is 12.1. The molecule has 2 N–H and O–H groups in total. The van der Waals surface area contributed by atoms with Crippen molar-refractivity contribution < 1.29 is 19.1 Å². The molecule has 2 aromatic rings. The van der Waals surface area contributed by atoms with E-state index in [1.807, 2.05) is 12.1 Å². The topological polar surface area (TPSA) is 76.7 Å². The van der Waals surface area contributed by atoms with Crippen LogP contribution in [0.2, 0.25) is 0 Å². The highest BCUT2D eigenvalue weighted by atomic mass is 79.9. The number of hydrogen-bond donors (Lipinski definition) is 2. The molecule has 6 nitrogen and oxygen atoms in total. The van der Waals surface area contributed by atoms with Crippen LogP contribution in [0.25, 0.3) is 0 Å². The molecule has 3 rings (SSSR count). The van der Waals surface area contributed by atoms with Gasteiger partial charge in [-0.2, -0.15) is 0 Å². The maximum Gasteiger partial charge on any atom is 0.255 e. The molecular formula is C21H23BrN2O4. The fourth-order valence-electron chi connectivity index (χ4n) is 2.90. The number of hydrogen-bond acceptors (Lipinski definition) is 4. The number of ether oxygens (including phenoxy) is 2. The molecule has 1 aliphatic rings. The van der Waals surface area contributed by atoms with Gasteiger partial charge in [-0.1, -0.05) is 12.1 Å². The molecule has 0 spiro atoms. The zero-order chi connectivity index (χ0) is 19.9. The predicted molar refractivity (Wildman–Crippen MR) is 111 cm³/mol. The van der Waals surface area contributed by atoms with E-state index in [2.05, 4.69) is 26.6 Å². The SMILES string of the molecule is CNC(=O)Cc1ccc(NC(=O)c2ccc(OCC3CCCO3)c(Br)c2)cc1. The van der Waals surface area contributed by atoms with Crippen LogP contribution in [0.15, 0.2) is 46.9 Å². The number of rotatable bonds is 7. The molecule has 148 valence electrons. The number of amides is 2. The highest BCUT2D eigenvalue weighted by molar-refractivity contribution is 9.10. The molecule has 7 heteroatoms. The van der Waals surface area contributed by atoms with Crippen LogP contribution < -0.4 is 15.4 Å². The lowest BCUT2D eigenvalue weighted by Gasteiger charge is -2.13. The fraction of sp³-hybridized carbons (Fsp3) is 0.333. The van der Waals surface area contributed by atoms with Gasteiger partial charge < -0.3 is 20.1 Å². The normalized spacial score (nSPS) is 15.9.